The summed E-state index contributed by atoms with van der Waals surface area (Å²) in [6, 6.07) is 13.8. The molecule has 0 bridgehead atoms. The molecule has 0 aliphatic carbocycles. The van der Waals surface area contributed by atoms with Gasteiger partial charge in [0, 0.05) is 42.6 Å². The number of carbonyl (C=O) groups excluding carboxylic acids is 2. The monoisotopic (exact) mass is 506 g/mol. The van der Waals surface area contributed by atoms with Crippen LogP contribution < -0.4 is 0 Å². The Morgan fingerprint density at radius 3 is 2.48 bits per heavy atom. The Hall–Kier alpha value is -2.05. The van der Waals surface area contributed by atoms with Gasteiger partial charge in [-0.05, 0) is 60.3 Å². The van der Waals surface area contributed by atoms with Crippen LogP contribution in [0.3, 0.4) is 0 Å². The Morgan fingerprint density at radius 2 is 1.90 bits per heavy atom. The van der Waals surface area contributed by atoms with Crippen molar-refractivity contribution in [1.82, 2.24) is 9.80 Å². The van der Waals surface area contributed by atoms with Crippen LogP contribution in [0, 0.1) is 0 Å². The van der Waals surface area contributed by atoms with Crippen molar-refractivity contribution in [1.29, 1.82) is 0 Å². The van der Waals surface area contributed by atoms with E-state index in [0.717, 1.165) is 27.6 Å². The van der Waals surface area contributed by atoms with Crippen LogP contribution in [0.15, 0.2) is 46.9 Å². The van der Waals surface area contributed by atoms with Crippen LogP contribution in [0.5, 0.6) is 0 Å². The molecule has 1 atom stereocenters. The van der Waals surface area contributed by atoms with Gasteiger partial charge in [-0.3, -0.25) is 4.79 Å². The molecule has 2 amide bonds. The van der Waals surface area contributed by atoms with E-state index in [1.165, 1.54) is 0 Å². The van der Waals surface area contributed by atoms with Gasteiger partial charge in [0.05, 0.1) is 5.02 Å². The largest absolute Gasteiger partial charge is 0.444 e. The molecule has 0 N–H and O–H groups in total. The van der Waals surface area contributed by atoms with E-state index in [1.54, 1.807) is 16.8 Å². The topological polar surface area (TPSA) is 49.9 Å². The van der Waals surface area contributed by atoms with E-state index in [-0.39, 0.29) is 18.0 Å². The van der Waals surface area contributed by atoms with E-state index in [1.807, 2.05) is 63.2 Å². The predicted octanol–water partition coefficient (Wildman–Crippen LogP) is 6.13. The van der Waals surface area contributed by atoms with Crippen molar-refractivity contribution in [2.75, 3.05) is 13.6 Å². The van der Waals surface area contributed by atoms with Crippen LogP contribution in [0.25, 0.3) is 11.1 Å². The molecule has 1 saturated heterocycles. The third-order valence-electron chi connectivity index (χ3n) is 5.31. The molecule has 0 saturated carbocycles. The molecule has 1 heterocycles. The lowest BCUT2D eigenvalue weighted by molar-refractivity contribution is -0.127. The predicted molar refractivity (Wildman–Crippen MR) is 127 cm³/mol. The van der Waals surface area contributed by atoms with Crippen molar-refractivity contribution in [2.45, 2.75) is 51.8 Å². The lowest BCUT2D eigenvalue weighted by Crippen LogP contribution is -2.44. The Labute approximate surface area is 197 Å². The molecule has 2 aromatic carbocycles. The van der Waals surface area contributed by atoms with Crippen LogP contribution in [-0.4, -0.2) is 47.0 Å². The van der Waals surface area contributed by atoms with Crippen LogP contribution in [0.4, 0.5) is 4.79 Å². The summed E-state index contributed by atoms with van der Waals surface area (Å²) in [6.07, 6.45) is 0.889. The van der Waals surface area contributed by atoms with Gasteiger partial charge in [-0.1, -0.05) is 48.0 Å². The number of likely N-dealkylation sites (tertiary alicyclic amines) is 1. The third kappa shape index (κ3) is 6.01. The van der Waals surface area contributed by atoms with E-state index >= 15 is 0 Å². The van der Waals surface area contributed by atoms with Gasteiger partial charge in [-0.2, -0.15) is 0 Å². The summed E-state index contributed by atoms with van der Waals surface area (Å²) >= 11 is 9.89. The van der Waals surface area contributed by atoms with E-state index in [2.05, 4.69) is 15.9 Å². The molecule has 1 aliphatic rings. The van der Waals surface area contributed by atoms with Gasteiger partial charge < -0.3 is 14.5 Å². The molecule has 31 heavy (non-hydrogen) atoms. The second kappa shape index (κ2) is 9.61. The Bertz CT molecular complexity index is 956. The number of amides is 2. The number of rotatable bonds is 5. The highest BCUT2D eigenvalue weighted by Crippen LogP contribution is 2.33. The number of carbonyl (C=O) groups is 2. The summed E-state index contributed by atoms with van der Waals surface area (Å²) in [7, 11) is 1.80. The van der Waals surface area contributed by atoms with Crippen molar-refractivity contribution in [3.8, 4) is 11.1 Å². The highest BCUT2D eigenvalue weighted by molar-refractivity contribution is 9.10. The van der Waals surface area contributed by atoms with Gasteiger partial charge in [0.1, 0.15) is 5.60 Å². The van der Waals surface area contributed by atoms with Crippen LogP contribution in [-0.2, 0) is 16.1 Å². The second-order valence-electron chi connectivity index (χ2n) is 8.86. The van der Waals surface area contributed by atoms with Crippen molar-refractivity contribution in [2.24, 2.45) is 0 Å². The maximum Gasteiger partial charge on any atom is 0.410 e. The number of ether oxygens (including phenoxy) is 1. The lowest BCUT2D eigenvalue weighted by atomic mass is 10.0. The first-order valence-electron chi connectivity index (χ1n) is 10.3. The molecule has 7 heteroatoms. The van der Waals surface area contributed by atoms with Gasteiger partial charge >= 0.3 is 6.09 Å². The fourth-order valence-corrected chi connectivity index (χ4v) is 4.20. The molecular weight excluding hydrogens is 480 g/mol. The smallest absolute Gasteiger partial charge is 0.410 e. The Kier molecular flexibility index (Phi) is 7.32. The minimum Gasteiger partial charge on any atom is -0.444 e. The van der Waals surface area contributed by atoms with Gasteiger partial charge in [-0.25, -0.2) is 4.79 Å². The zero-order chi connectivity index (χ0) is 22.8. The number of likely N-dealkylation sites (N-methyl/N-ethyl adjacent to an activating group) is 1. The van der Waals surface area contributed by atoms with Crippen molar-refractivity contribution < 1.29 is 14.3 Å². The quantitative estimate of drug-likeness (QED) is 0.489. The SMILES string of the molecule is CN1C(=O)CC[C@H]1CN(Cc1ccc(-c2cccc(Br)c2Cl)cc1)C(=O)OC(C)(C)C. The number of nitrogens with zero attached hydrogens (tertiary/aromatic N) is 2. The number of halogens is 2. The summed E-state index contributed by atoms with van der Waals surface area (Å²) in [5.74, 6) is 0.115. The Morgan fingerprint density at radius 1 is 1.23 bits per heavy atom. The molecule has 0 radical (unpaired) electrons. The molecule has 0 unspecified atom stereocenters. The van der Waals surface area contributed by atoms with Gasteiger partial charge in [0.25, 0.3) is 0 Å². The van der Waals surface area contributed by atoms with Crippen LogP contribution >= 0.6 is 27.5 Å². The first-order valence-corrected chi connectivity index (χ1v) is 11.5. The average Bonchev–Trinajstić information content (AvgIpc) is 3.01. The van der Waals surface area contributed by atoms with Gasteiger partial charge in [0.2, 0.25) is 5.91 Å². The van der Waals surface area contributed by atoms with Crippen LogP contribution in [0.2, 0.25) is 5.02 Å². The van der Waals surface area contributed by atoms with E-state index in [9.17, 15) is 9.59 Å². The maximum absolute atomic E-state index is 12.9. The Balaban J connectivity index is 1.79. The minimum absolute atomic E-state index is 0.000216. The molecule has 1 aliphatic heterocycles. The first-order chi connectivity index (χ1) is 14.5. The summed E-state index contributed by atoms with van der Waals surface area (Å²) in [5.41, 5.74) is 2.33. The normalized spacial score (nSPS) is 16.5. The molecule has 0 aromatic heterocycles. The third-order valence-corrected chi connectivity index (χ3v) is 6.60. The minimum atomic E-state index is -0.589. The first kappa shape index (κ1) is 23.6. The second-order valence-corrected chi connectivity index (χ2v) is 10.1. The van der Waals surface area contributed by atoms with Crippen molar-refractivity contribution in [3.63, 3.8) is 0 Å². The maximum atomic E-state index is 12.9. The number of hydrogen-bond donors (Lipinski definition) is 0. The molecule has 166 valence electrons. The molecule has 1 fully saturated rings. The average molecular weight is 508 g/mol. The van der Waals surface area contributed by atoms with Gasteiger partial charge in [-0.15, -0.1) is 0 Å². The fourth-order valence-electron chi connectivity index (χ4n) is 3.60. The summed E-state index contributed by atoms with van der Waals surface area (Å²) in [4.78, 5) is 28.2. The standard InChI is InChI=1S/C24H28BrClN2O3/c1-24(2,3)31-23(30)28(15-18-12-13-21(29)27(18)4)14-16-8-10-17(11-9-16)19-6-5-7-20(25)22(19)26/h5-11,18H,12-15H2,1-4H3/t18-/m0/s1. The zero-order valence-corrected chi connectivity index (χ0v) is 20.7. The van der Waals surface area contributed by atoms with Gasteiger partial charge in [0.15, 0.2) is 0 Å². The molecule has 2 aromatic rings. The summed E-state index contributed by atoms with van der Waals surface area (Å²) in [6.45, 7) is 6.40. The van der Waals surface area contributed by atoms with E-state index in [4.69, 9.17) is 16.3 Å². The zero-order valence-electron chi connectivity index (χ0n) is 18.3. The summed E-state index contributed by atoms with van der Waals surface area (Å²) in [5, 5.41) is 0.666. The van der Waals surface area contributed by atoms with Crippen molar-refractivity contribution >= 4 is 39.5 Å². The van der Waals surface area contributed by atoms with E-state index in [0.29, 0.717) is 24.5 Å². The van der Waals surface area contributed by atoms with Crippen LogP contribution in [0.1, 0.15) is 39.2 Å². The lowest BCUT2D eigenvalue weighted by Gasteiger charge is -2.31. The highest BCUT2D eigenvalue weighted by atomic mass is 79.9. The van der Waals surface area contributed by atoms with E-state index < -0.39 is 5.60 Å². The molecular formula is C24H28BrClN2O3. The van der Waals surface area contributed by atoms with Crippen molar-refractivity contribution in [3.05, 3.63) is 57.5 Å². The molecule has 3 rings (SSSR count). The highest BCUT2D eigenvalue weighted by Gasteiger charge is 2.32. The number of hydrogen-bond acceptors (Lipinski definition) is 3. The fraction of sp³-hybridized carbons (Fsp3) is 0.417. The summed E-state index contributed by atoms with van der Waals surface area (Å²) < 4.78 is 6.48. The molecule has 5 nitrogen and oxygen atoms in total. The number of benzene rings is 2. The molecule has 0 spiro atoms.